The molecule has 14 heteroatoms. The minimum absolute atomic E-state index is 0.0184. The van der Waals surface area contributed by atoms with Crippen molar-refractivity contribution >= 4 is 39.3 Å². The van der Waals surface area contributed by atoms with E-state index in [0.29, 0.717) is 62.4 Å². The van der Waals surface area contributed by atoms with Crippen molar-refractivity contribution < 1.29 is 27.9 Å². The van der Waals surface area contributed by atoms with Crippen molar-refractivity contribution in [3.63, 3.8) is 0 Å². The van der Waals surface area contributed by atoms with E-state index in [1.54, 1.807) is 59.3 Å². The second-order valence-electron chi connectivity index (χ2n) is 12.0. The highest BCUT2D eigenvalue weighted by atomic mass is 35.5. The van der Waals surface area contributed by atoms with Crippen LogP contribution in [0.25, 0.3) is 0 Å². The Morgan fingerprint density at radius 3 is 2.41 bits per heavy atom. The van der Waals surface area contributed by atoms with E-state index in [4.69, 9.17) is 17.3 Å². The summed E-state index contributed by atoms with van der Waals surface area (Å²) in [4.78, 5) is 44.1. The van der Waals surface area contributed by atoms with Gasteiger partial charge in [-0.1, -0.05) is 48.0 Å². The first kappa shape index (κ1) is 35.8. The maximum absolute atomic E-state index is 14.1. The molecule has 252 valence electrons. The molecule has 2 aromatic rings. The molecule has 46 heavy (non-hydrogen) atoms. The van der Waals surface area contributed by atoms with Gasteiger partial charge in [-0.2, -0.15) is 0 Å². The lowest BCUT2D eigenvalue weighted by atomic mass is 10.0. The molecule has 5 N–H and O–H groups in total. The molecule has 2 fully saturated rings. The molecular weight excluding hydrogens is 632 g/mol. The van der Waals surface area contributed by atoms with Crippen LogP contribution in [0.15, 0.2) is 48.5 Å². The van der Waals surface area contributed by atoms with E-state index in [9.17, 15) is 27.9 Å². The number of hydrogen-bond donors (Lipinski definition) is 4. The van der Waals surface area contributed by atoms with Crippen LogP contribution in [0.2, 0.25) is 5.02 Å². The van der Waals surface area contributed by atoms with Crippen LogP contribution in [0.5, 0.6) is 0 Å². The lowest BCUT2D eigenvalue weighted by Crippen LogP contribution is -2.56. The van der Waals surface area contributed by atoms with Gasteiger partial charge in [0.25, 0.3) is 0 Å². The molecule has 0 aromatic heterocycles. The lowest BCUT2D eigenvalue weighted by Gasteiger charge is -2.37. The first-order chi connectivity index (χ1) is 21.9. The van der Waals surface area contributed by atoms with Gasteiger partial charge in [0.2, 0.25) is 27.7 Å². The van der Waals surface area contributed by atoms with Crippen LogP contribution in [-0.2, 0) is 43.2 Å². The number of amides is 3. The molecule has 3 amide bonds. The summed E-state index contributed by atoms with van der Waals surface area (Å²) in [5.74, 6) is -1.33. The molecule has 2 aliphatic heterocycles. The highest BCUT2D eigenvalue weighted by molar-refractivity contribution is 7.88. The number of likely N-dealkylation sites (tertiary alicyclic amines) is 2. The molecule has 0 bridgehead atoms. The number of nitrogens with one attached hydrogen (secondary N) is 2. The second-order valence-corrected chi connectivity index (χ2v) is 14.2. The van der Waals surface area contributed by atoms with Crippen LogP contribution >= 0.6 is 11.6 Å². The molecule has 12 nitrogen and oxygen atoms in total. The van der Waals surface area contributed by atoms with Crippen molar-refractivity contribution in [1.29, 1.82) is 0 Å². The molecule has 2 heterocycles. The first-order valence-corrected chi connectivity index (χ1v) is 17.7. The van der Waals surface area contributed by atoms with E-state index in [1.807, 2.05) is 6.07 Å². The number of aliphatic hydroxyl groups excluding tert-OH is 1. The van der Waals surface area contributed by atoms with Crippen LogP contribution < -0.4 is 15.8 Å². The number of piperidine rings is 1. The zero-order valence-corrected chi connectivity index (χ0v) is 28.0. The molecule has 0 aliphatic carbocycles. The van der Waals surface area contributed by atoms with Gasteiger partial charge in [-0.15, -0.1) is 0 Å². The summed E-state index contributed by atoms with van der Waals surface area (Å²) in [6.07, 6.45) is 0.765. The molecular formula is C32H45ClN6O6S. The number of carbonyl (C=O) groups is 3. The Morgan fingerprint density at radius 1 is 1.07 bits per heavy atom. The predicted octanol–water partition coefficient (Wildman–Crippen LogP) is 1.55. The predicted molar refractivity (Wildman–Crippen MR) is 176 cm³/mol. The minimum Gasteiger partial charge on any atom is -0.376 e. The average molecular weight is 677 g/mol. The van der Waals surface area contributed by atoms with Crippen LogP contribution in [0, 0.1) is 0 Å². The Morgan fingerprint density at radius 2 is 1.76 bits per heavy atom. The number of nitrogens with zero attached hydrogens (tertiary/aromatic N) is 3. The van der Waals surface area contributed by atoms with E-state index < -0.39 is 34.2 Å². The lowest BCUT2D eigenvalue weighted by molar-refractivity contribution is -0.142. The fraction of sp³-hybridized carbons (Fsp3) is 0.531. The van der Waals surface area contributed by atoms with Crippen molar-refractivity contribution in [1.82, 2.24) is 24.7 Å². The molecule has 2 aliphatic rings. The molecule has 1 unspecified atom stereocenters. The Balaban J connectivity index is 1.49. The summed E-state index contributed by atoms with van der Waals surface area (Å²) in [6, 6.07) is 11.8. The van der Waals surface area contributed by atoms with Crippen molar-refractivity contribution in [2.24, 2.45) is 5.73 Å². The zero-order valence-electron chi connectivity index (χ0n) is 26.4. The summed E-state index contributed by atoms with van der Waals surface area (Å²) < 4.78 is 29.2. The third kappa shape index (κ3) is 9.49. The number of hydrogen-bond acceptors (Lipinski definition) is 8. The Labute approximate surface area is 276 Å². The van der Waals surface area contributed by atoms with Crippen LogP contribution in [0.1, 0.15) is 55.7 Å². The maximum atomic E-state index is 14.1. The fourth-order valence-corrected chi connectivity index (χ4v) is 7.75. The van der Waals surface area contributed by atoms with Gasteiger partial charge in [-0.05, 0) is 54.5 Å². The summed E-state index contributed by atoms with van der Waals surface area (Å²) in [5.41, 5.74) is 8.09. The quantitative estimate of drug-likeness (QED) is 0.232. The Kier molecular flexibility index (Phi) is 12.6. The number of nitrogens with two attached hydrogens (primary N) is 1. The highest BCUT2D eigenvalue weighted by Gasteiger charge is 2.40. The van der Waals surface area contributed by atoms with Gasteiger partial charge in [-0.3, -0.25) is 19.7 Å². The number of carbonyl (C=O) groups excluding carboxylic acids is 3. The summed E-state index contributed by atoms with van der Waals surface area (Å²) in [5, 5.41) is 14.8. The fourth-order valence-electron chi connectivity index (χ4n) is 6.23. The molecule has 2 aromatic carbocycles. The van der Waals surface area contributed by atoms with Gasteiger partial charge in [0, 0.05) is 57.8 Å². The van der Waals surface area contributed by atoms with Crippen LogP contribution in [-0.4, -0.2) is 97.0 Å². The largest absolute Gasteiger partial charge is 0.376 e. The molecule has 3 atom stereocenters. The maximum Gasteiger partial charge on any atom is 0.241 e. The van der Waals surface area contributed by atoms with Gasteiger partial charge >= 0.3 is 0 Å². The van der Waals surface area contributed by atoms with Gasteiger partial charge in [0.15, 0.2) is 0 Å². The molecule has 2 saturated heterocycles. The second kappa shape index (κ2) is 16.2. The first-order valence-electron chi connectivity index (χ1n) is 15.6. The van der Waals surface area contributed by atoms with Gasteiger partial charge in [0.05, 0.1) is 18.2 Å². The molecule has 0 spiro atoms. The van der Waals surface area contributed by atoms with E-state index in [1.165, 1.54) is 11.8 Å². The molecule has 4 rings (SSSR count). The van der Waals surface area contributed by atoms with E-state index in [2.05, 4.69) is 10.0 Å². The molecule has 0 radical (unpaired) electrons. The van der Waals surface area contributed by atoms with Crippen molar-refractivity contribution in [2.45, 2.75) is 82.2 Å². The average Bonchev–Trinajstić information content (AvgIpc) is 3.53. The normalized spacial score (nSPS) is 18.8. The third-order valence-corrected chi connectivity index (χ3v) is 10.5. The Hall–Kier alpha value is -3.07. The van der Waals surface area contributed by atoms with E-state index in [0.717, 1.165) is 11.1 Å². The van der Waals surface area contributed by atoms with Gasteiger partial charge < -0.3 is 25.5 Å². The minimum atomic E-state index is -4.03. The Bertz CT molecular complexity index is 1470. The van der Waals surface area contributed by atoms with Crippen LogP contribution in [0.4, 0.5) is 0 Å². The number of halogens is 1. The van der Waals surface area contributed by atoms with E-state index in [-0.39, 0.29) is 36.6 Å². The zero-order chi connectivity index (χ0) is 33.4. The van der Waals surface area contributed by atoms with Gasteiger partial charge in [0.1, 0.15) is 12.3 Å². The van der Waals surface area contributed by atoms with E-state index >= 15 is 0 Å². The third-order valence-electron chi connectivity index (χ3n) is 8.89. The van der Waals surface area contributed by atoms with Crippen molar-refractivity contribution in [2.75, 3.05) is 26.7 Å². The summed E-state index contributed by atoms with van der Waals surface area (Å²) in [6.45, 7) is 3.41. The number of aliphatic hydroxyl groups is 1. The summed E-state index contributed by atoms with van der Waals surface area (Å²) >= 11 is 6.17. The van der Waals surface area contributed by atoms with Crippen molar-refractivity contribution in [3.8, 4) is 0 Å². The number of benzene rings is 2. The van der Waals surface area contributed by atoms with Crippen LogP contribution in [0.3, 0.4) is 0 Å². The monoisotopic (exact) mass is 676 g/mol. The topological polar surface area (TPSA) is 165 Å². The smallest absolute Gasteiger partial charge is 0.241 e. The standard InChI is InChI=1S/C32H45ClN6O6S/c1-22(40)38-15-12-27(13-16-38)37(2)30(41)18-28(36-46(44,45)21-23-7-4-3-5-8-23)32(43)39-14-6-9-29(39)31(42)35-20-25-17-26(33)11-10-24(25)19-34/h3-5,7-8,10-11,17,27-29,31,35-36,42H,6,9,12-16,18-21,34H2,1-2H3/t28-,29+,31?/m1/s1. The summed E-state index contributed by atoms with van der Waals surface area (Å²) in [7, 11) is -2.39. The van der Waals surface area contributed by atoms with Gasteiger partial charge in [-0.25, -0.2) is 13.1 Å². The highest BCUT2D eigenvalue weighted by Crippen LogP contribution is 2.24. The number of sulfonamides is 1. The molecule has 0 saturated carbocycles. The SMILES string of the molecule is CC(=O)N1CCC(N(C)C(=O)C[C@@H](NS(=O)(=O)Cc2ccccc2)C(=O)N2CCC[C@H]2C(O)NCc2cc(Cl)ccc2CN)CC1. The van der Waals surface area contributed by atoms with Crippen molar-refractivity contribution in [3.05, 3.63) is 70.2 Å². The number of rotatable bonds is 13.